The van der Waals surface area contributed by atoms with Gasteiger partial charge >= 0.3 is 5.97 Å². The molecule has 0 aliphatic rings. The number of carbonyl (C=O) groups is 1. The minimum absolute atomic E-state index is 0.353. The van der Waals surface area contributed by atoms with Gasteiger partial charge in [0.2, 0.25) is 0 Å². The van der Waals surface area contributed by atoms with E-state index in [1.54, 1.807) is 35.3 Å². The van der Waals surface area contributed by atoms with E-state index < -0.39 is 0 Å². The Balaban J connectivity index is 1.43. The Morgan fingerprint density at radius 2 is 2.07 bits per heavy atom. The summed E-state index contributed by atoms with van der Waals surface area (Å²) in [6, 6.07) is 11.4. The van der Waals surface area contributed by atoms with Crippen molar-refractivity contribution in [3.05, 3.63) is 82.1 Å². The second-order valence-electron chi connectivity index (χ2n) is 5.83. The van der Waals surface area contributed by atoms with Gasteiger partial charge in [0.25, 0.3) is 0 Å². The van der Waals surface area contributed by atoms with Gasteiger partial charge in [-0.25, -0.2) is 9.78 Å². The first-order valence-corrected chi connectivity index (χ1v) is 9.44. The lowest BCUT2D eigenvalue weighted by molar-refractivity contribution is -0.137. The van der Waals surface area contributed by atoms with E-state index in [2.05, 4.69) is 9.97 Å². The number of hydrogen-bond donors (Lipinski definition) is 0. The molecule has 1 aromatic carbocycles. The number of carbonyl (C=O) groups excluding carboxylic acids is 1. The summed E-state index contributed by atoms with van der Waals surface area (Å²) in [5, 5.41) is 0. The van der Waals surface area contributed by atoms with Crippen LogP contribution in [0.1, 0.15) is 21.7 Å². The molecule has 0 bridgehead atoms. The smallest absolute Gasteiger partial charge is 0.330 e. The number of thiazole rings is 1. The van der Waals surface area contributed by atoms with E-state index >= 15 is 0 Å². The van der Waals surface area contributed by atoms with Crippen LogP contribution in [-0.4, -0.2) is 22.5 Å². The number of rotatable bonds is 8. The van der Waals surface area contributed by atoms with Gasteiger partial charge in [0.15, 0.2) is 0 Å². The van der Waals surface area contributed by atoms with E-state index in [-0.39, 0.29) is 5.97 Å². The predicted molar refractivity (Wildman–Crippen MR) is 106 cm³/mol. The molecule has 3 aromatic rings. The van der Waals surface area contributed by atoms with Crippen molar-refractivity contribution in [2.45, 2.75) is 20.0 Å². The van der Waals surface area contributed by atoms with Crippen LogP contribution < -0.4 is 4.74 Å². The molecule has 0 fully saturated rings. The fraction of sp³-hybridized carbons (Fsp3) is 0.190. The second-order valence-corrected chi connectivity index (χ2v) is 6.77. The van der Waals surface area contributed by atoms with Gasteiger partial charge in [-0.15, -0.1) is 11.3 Å². The molecule has 0 radical (unpaired) electrons. The number of ether oxygens (including phenoxy) is 2. The zero-order chi connectivity index (χ0) is 18.9. The van der Waals surface area contributed by atoms with Crippen LogP contribution in [0, 0.1) is 6.92 Å². The highest BCUT2D eigenvalue weighted by Gasteiger charge is 2.03. The molecule has 138 valence electrons. The maximum atomic E-state index is 11.8. The normalized spacial score (nSPS) is 10.9. The highest BCUT2D eigenvalue weighted by atomic mass is 32.1. The van der Waals surface area contributed by atoms with Crippen molar-refractivity contribution in [2.75, 3.05) is 6.61 Å². The van der Waals surface area contributed by atoms with Gasteiger partial charge in [-0.2, -0.15) is 0 Å². The predicted octanol–water partition coefficient (Wildman–Crippen LogP) is 4.22. The second kappa shape index (κ2) is 9.64. The van der Waals surface area contributed by atoms with Crippen LogP contribution in [-0.2, 0) is 22.6 Å². The maximum absolute atomic E-state index is 11.8. The fourth-order valence-electron chi connectivity index (χ4n) is 2.35. The first-order valence-electron chi connectivity index (χ1n) is 8.56. The van der Waals surface area contributed by atoms with Crippen molar-refractivity contribution >= 4 is 23.4 Å². The Labute approximate surface area is 162 Å². The van der Waals surface area contributed by atoms with Crippen molar-refractivity contribution in [3.8, 4) is 5.75 Å². The lowest BCUT2D eigenvalue weighted by atomic mass is 10.2. The third kappa shape index (κ3) is 6.04. The van der Waals surface area contributed by atoms with E-state index in [1.807, 2.05) is 43.3 Å². The molecule has 0 amide bonds. The molecule has 0 saturated heterocycles. The third-order valence-electron chi connectivity index (χ3n) is 3.84. The quantitative estimate of drug-likeness (QED) is 0.432. The van der Waals surface area contributed by atoms with E-state index in [4.69, 9.17) is 9.47 Å². The molecule has 0 spiro atoms. The van der Waals surface area contributed by atoms with Crippen LogP contribution >= 0.6 is 11.3 Å². The molecule has 3 rings (SSSR count). The van der Waals surface area contributed by atoms with E-state index in [9.17, 15) is 4.79 Å². The Kier molecular flexibility index (Phi) is 6.71. The number of benzene rings is 1. The fourth-order valence-corrected chi connectivity index (χ4v) is 3.11. The minimum atomic E-state index is -0.353. The highest BCUT2D eigenvalue weighted by molar-refractivity contribution is 7.09. The number of esters is 1. The van der Waals surface area contributed by atoms with E-state index in [0.717, 1.165) is 27.4 Å². The van der Waals surface area contributed by atoms with Gasteiger partial charge < -0.3 is 9.47 Å². The van der Waals surface area contributed by atoms with Crippen molar-refractivity contribution in [1.82, 2.24) is 9.97 Å². The molecule has 27 heavy (non-hydrogen) atoms. The van der Waals surface area contributed by atoms with Gasteiger partial charge in [0.05, 0.1) is 17.8 Å². The van der Waals surface area contributed by atoms with Crippen molar-refractivity contribution < 1.29 is 14.3 Å². The molecule has 2 heterocycles. The molecule has 0 saturated carbocycles. The summed E-state index contributed by atoms with van der Waals surface area (Å²) in [6.45, 7) is 2.78. The Morgan fingerprint density at radius 1 is 1.22 bits per heavy atom. The van der Waals surface area contributed by atoms with Crippen molar-refractivity contribution in [1.29, 1.82) is 0 Å². The minimum Gasteiger partial charge on any atom is -0.489 e. The van der Waals surface area contributed by atoms with E-state index in [1.165, 1.54) is 6.08 Å². The molecule has 6 heteroatoms. The molecule has 0 unspecified atom stereocenters. The molecule has 0 atom stereocenters. The van der Waals surface area contributed by atoms with E-state index in [0.29, 0.717) is 19.6 Å². The zero-order valence-electron chi connectivity index (χ0n) is 15.0. The molecule has 0 aliphatic heterocycles. The number of pyridine rings is 1. The number of aromatic nitrogens is 2. The summed E-state index contributed by atoms with van der Waals surface area (Å²) in [5.74, 6) is 0.410. The van der Waals surface area contributed by atoms with Crippen LogP contribution in [0.5, 0.6) is 5.75 Å². The van der Waals surface area contributed by atoms with Crippen LogP contribution in [0.4, 0.5) is 0 Å². The summed E-state index contributed by atoms with van der Waals surface area (Å²) >= 11 is 1.58. The van der Waals surface area contributed by atoms with Crippen LogP contribution in [0.15, 0.2) is 60.4 Å². The topological polar surface area (TPSA) is 61.3 Å². The molecule has 2 aromatic heterocycles. The summed E-state index contributed by atoms with van der Waals surface area (Å²) in [7, 11) is 0. The molecular formula is C21H20N2O3S. The summed E-state index contributed by atoms with van der Waals surface area (Å²) in [6.07, 6.45) is 7.37. The molecule has 0 aliphatic carbocycles. The maximum Gasteiger partial charge on any atom is 0.330 e. The Bertz CT molecular complexity index is 889. The summed E-state index contributed by atoms with van der Waals surface area (Å²) < 4.78 is 10.9. The van der Waals surface area contributed by atoms with Gasteiger partial charge in [0, 0.05) is 35.3 Å². The third-order valence-corrected chi connectivity index (χ3v) is 4.83. The van der Waals surface area contributed by atoms with Gasteiger partial charge in [-0.1, -0.05) is 18.2 Å². The van der Waals surface area contributed by atoms with Gasteiger partial charge in [-0.05, 0) is 36.8 Å². The Hall–Kier alpha value is -2.99. The first-order chi connectivity index (χ1) is 13.2. The van der Waals surface area contributed by atoms with Crippen molar-refractivity contribution in [2.24, 2.45) is 0 Å². The largest absolute Gasteiger partial charge is 0.489 e. The molecular weight excluding hydrogens is 360 g/mol. The van der Waals surface area contributed by atoms with Crippen LogP contribution in [0.2, 0.25) is 0 Å². The van der Waals surface area contributed by atoms with Gasteiger partial charge in [0.1, 0.15) is 12.4 Å². The number of hydrogen-bond acceptors (Lipinski definition) is 6. The average molecular weight is 380 g/mol. The van der Waals surface area contributed by atoms with Crippen LogP contribution in [0.25, 0.3) is 6.08 Å². The first kappa shape index (κ1) is 18.8. The lowest BCUT2D eigenvalue weighted by Crippen LogP contribution is -2.04. The lowest BCUT2D eigenvalue weighted by Gasteiger charge is -2.06. The Morgan fingerprint density at radius 3 is 2.78 bits per heavy atom. The van der Waals surface area contributed by atoms with Crippen molar-refractivity contribution in [3.63, 3.8) is 0 Å². The summed E-state index contributed by atoms with van der Waals surface area (Å²) in [4.78, 5) is 21.2. The molecule has 0 N–H and O–H groups in total. The van der Waals surface area contributed by atoms with Gasteiger partial charge in [-0.3, -0.25) is 4.98 Å². The molecule has 5 nitrogen and oxygen atoms in total. The number of nitrogens with zero attached hydrogens (tertiary/aromatic N) is 2. The average Bonchev–Trinajstić information content (AvgIpc) is 3.11. The standard InChI is InChI=1S/C21H20N2O3S/c1-16-20(27-15-23-16)10-12-25-21(24)9-6-17-4-7-19(8-5-17)26-14-18-3-2-11-22-13-18/h2-9,11,13,15H,10,12,14H2,1H3/b9-6+. The van der Waals surface area contributed by atoms with Crippen LogP contribution in [0.3, 0.4) is 0 Å². The monoisotopic (exact) mass is 380 g/mol. The zero-order valence-corrected chi connectivity index (χ0v) is 15.8. The highest BCUT2D eigenvalue weighted by Crippen LogP contribution is 2.15. The number of aryl methyl sites for hydroxylation is 1. The SMILES string of the molecule is Cc1ncsc1CCOC(=O)/C=C/c1ccc(OCc2cccnc2)cc1. The summed E-state index contributed by atoms with van der Waals surface area (Å²) in [5.41, 5.74) is 4.71.